The molecule has 5 nitrogen and oxygen atoms in total. The Morgan fingerprint density at radius 1 is 1.19 bits per heavy atom. The highest BCUT2D eigenvalue weighted by Gasteiger charge is 2.11. The smallest absolute Gasteiger partial charge is 0.303 e. The SMILES string of the molecule is N#Cc1ccc(-c2ccc(C(CCC(=O)O)=NO)s2)cc1. The molecule has 0 unspecified atom stereocenters. The number of oxime groups is 1. The summed E-state index contributed by atoms with van der Waals surface area (Å²) in [7, 11) is 0. The van der Waals surface area contributed by atoms with E-state index in [1.807, 2.05) is 18.2 Å². The van der Waals surface area contributed by atoms with Gasteiger partial charge in [-0.15, -0.1) is 11.3 Å². The van der Waals surface area contributed by atoms with Gasteiger partial charge < -0.3 is 10.3 Å². The van der Waals surface area contributed by atoms with E-state index in [-0.39, 0.29) is 12.8 Å². The highest BCUT2D eigenvalue weighted by molar-refractivity contribution is 7.17. The van der Waals surface area contributed by atoms with Gasteiger partial charge >= 0.3 is 5.97 Å². The molecule has 0 bridgehead atoms. The fraction of sp³-hybridized carbons (Fsp3) is 0.133. The predicted molar refractivity (Wildman–Crippen MR) is 79.7 cm³/mol. The Balaban J connectivity index is 2.20. The molecule has 0 spiro atoms. The maximum absolute atomic E-state index is 10.6. The summed E-state index contributed by atoms with van der Waals surface area (Å²) in [6.07, 6.45) is 0.0999. The largest absolute Gasteiger partial charge is 0.481 e. The van der Waals surface area contributed by atoms with Gasteiger partial charge in [-0.1, -0.05) is 17.3 Å². The van der Waals surface area contributed by atoms with Crippen LogP contribution in [0.1, 0.15) is 23.3 Å². The topological polar surface area (TPSA) is 93.7 Å². The molecule has 1 heterocycles. The molecule has 0 amide bonds. The number of benzene rings is 1. The van der Waals surface area contributed by atoms with Crippen LogP contribution in [0.4, 0.5) is 0 Å². The van der Waals surface area contributed by atoms with Crippen LogP contribution in [0.15, 0.2) is 41.6 Å². The summed E-state index contributed by atoms with van der Waals surface area (Å²) >= 11 is 1.42. The van der Waals surface area contributed by atoms with Gasteiger partial charge in [0.15, 0.2) is 0 Å². The Kier molecular flexibility index (Phi) is 4.69. The van der Waals surface area contributed by atoms with Crippen molar-refractivity contribution in [3.8, 4) is 16.5 Å². The molecule has 0 radical (unpaired) electrons. The molecule has 0 atom stereocenters. The van der Waals surface area contributed by atoms with Gasteiger partial charge in [-0.2, -0.15) is 5.26 Å². The van der Waals surface area contributed by atoms with Crippen LogP contribution in [0.2, 0.25) is 0 Å². The first-order valence-corrected chi connectivity index (χ1v) is 6.99. The summed E-state index contributed by atoms with van der Waals surface area (Å²) in [6.45, 7) is 0. The predicted octanol–water partition coefficient (Wildman–Crippen LogP) is 3.33. The molecule has 1 aromatic heterocycles. The Morgan fingerprint density at radius 3 is 2.48 bits per heavy atom. The Bertz CT molecular complexity index is 711. The van der Waals surface area contributed by atoms with Crippen LogP contribution < -0.4 is 0 Å². The normalized spacial score (nSPS) is 11.1. The first-order valence-electron chi connectivity index (χ1n) is 6.17. The first-order chi connectivity index (χ1) is 10.1. The lowest BCUT2D eigenvalue weighted by molar-refractivity contribution is -0.136. The summed E-state index contributed by atoms with van der Waals surface area (Å²) < 4.78 is 0. The van der Waals surface area contributed by atoms with Crippen molar-refractivity contribution in [2.24, 2.45) is 5.16 Å². The molecule has 0 saturated heterocycles. The number of thiophene rings is 1. The minimum absolute atomic E-state index is 0.0799. The van der Waals surface area contributed by atoms with Gasteiger partial charge in [0.05, 0.1) is 28.6 Å². The molecule has 106 valence electrons. The highest BCUT2D eigenvalue weighted by Crippen LogP contribution is 2.29. The fourth-order valence-corrected chi connectivity index (χ4v) is 2.83. The lowest BCUT2D eigenvalue weighted by atomic mass is 10.1. The molecule has 21 heavy (non-hydrogen) atoms. The average Bonchev–Trinajstić information content (AvgIpc) is 2.97. The molecule has 0 saturated carbocycles. The average molecular weight is 300 g/mol. The van der Waals surface area contributed by atoms with Crippen molar-refractivity contribution in [2.45, 2.75) is 12.8 Å². The molecule has 2 N–H and O–H groups in total. The van der Waals surface area contributed by atoms with E-state index >= 15 is 0 Å². The van der Waals surface area contributed by atoms with Gasteiger partial charge in [0, 0.05) is 11.3 Å². The quantitative estimate of drug-likeness (QED) is 0.503. The second kappa shape index (κ2) is 6.68. The maximum Gasteiger partial charge on any atom is 0.303 e. The molecule has 0 aliphatic heterocycles. The molecular formula is C15H12N2O3S. The number of carboxylic acid groups (broad SMARTS) is 1. The number of nitrogens with zero attached hydrogens (tertiary/aromatic N) is 2. The molecule has 2 rings (SSSR count). The minimum Gasteiger partial charge on any atom is -0.481 e. The minimum atomic E-state index is -0.931. The van der Waals surface area contributed by atoms with Crippen molar-refractivity contribution >= 4 is 23.0 Å². The summed E-state index contributed by atoms with van der Waals surface area (Å²) in [5.41, 5.74) is 1.91. The molecule has 0 aliphatic rings. The van der Waals surface area contributed by atoms with Crippen LogP contribution in [0, 0.1) is 11.3 Å². The van der Waals surface area contributed by atoms with Crippen LogP contribution >= 0.6 is 11.3 Å². The lowest BCUT2D eigenvalue weighted by Gasteiger charge is -1.99. The van der Waals surface area contributed by atoms with Gasteiger partial charge in [-0.3, -0.25) is 4.79 Å². The van der Waals surface area contributed by atoms with Crippen LogP contribution in [-0.2, 0) is 4.79 Å². The second-order valence-electron chi connectivity index (χ2n) is 4.29. The third-order valence-electron chi connectivity index (χ3n) is 2.89. The number of hydrogen-bond donors (Lipinski definition) is 2. The summed E-state index contributed by atoms with van der Waals surface area (Å²) in [6, 6.07) is 12.9. The summed E-state index contributed by atoms with van der Waals surface area (Å²) in [5, 5.41) is 29.6. The van der Waals surface area contributed by atoms with Crippen molar-refractivity contribution in [3.05, 3.63) is 46.8 Å². The molecule has 0 aliphatic carbocycles. The Labute approximate surface area is 125 Å². The maximum atomic E-state index is 10.6. The van der Waals surface area contributed by atoms with Crippen molar-refractivity contribution in [2.75, 3.05) is 0 Å². The summed E-state index contributed by atoms with van der Waals surface area (Å²) in [5.74, 6) is -0.931. The van der Waals surface area contributed by atoms with E-state index in [1.165, 1.54) is 11.3 Å². The van der Waals surface area contributed by atoms with Gasteiger partial charge in [-0.25, -0.2) is 0 Å². The molecule has 2 aromatic rings. The Morgan fingerprint density at radius 2 is 1.90 bits per heavy atom. The lowest BCUT2D eigenvalue weighted by Crippen LogP contribution is -2.03. The van der Waals surface area contributed by atoms with Gasteiger partial charge in [0.25, 0.3) is 0 Å². The van der Waals surface area contributed by atoms with Crippen LogP contribution in [0.25, 0.3) is 10.4 Å². The van der Waals surface area contributed by atoms with Gasteiger partial charge in [0.1, 0.15) is 0 Å². The van der Waals surface area contributed by atoms with Crippen LogP contribution in [0.3, 0.4) is 0 Å². The summed E-state index contributed by atoms with van der Waals surface area (Å²) in [4.78, 5) is 12.3. The molecule has 1 aromatic carbocycles. The van der Waals surface area contributed by atoms with E-state index in [9.17, 15) is 4.79 Å². The van der Waals surface area contributed by atoms with Crippen molar-refractivity contribution in [3.63, 3.8) is 0 Å². The van der Waals surface area contributed by atoms with E-state index in [4.69, 9.17) is 15.6 Å². The zero-order chi connectivity index (χ0) is 15.2. The second-order valence-corrected chi connectivity index (χ2v) is 5.38. The number of carbonyl (C=O) groups is 1. The van der Waals surface area contributed by atoms with E-state index in [1.54, 1.807) is 18.2 Å². The third-order valence-corrected chi connectivity index (χ3v) is 4.07. The van der Waals surface area contributed by atoms with E-state index in [0.717, 1.165) is 15.3 Å². The number of nitriles is 1. The number of carboxylic acids is 1. The van der Waals surface area contributed by atoms with Crippen LogP contribution in [0.5, 0.6) is 0 Å². The van der Waals surface area contributed by atoms with E-state index in [2.05, 4.69) is 11.2 Å². The van der Waals surface area contributed by atoms with E-state index in [0.29, 0.717) is 11.3 Å². The van der Waals surface area contributed by atoms with Crippen molar-refractivity contribution in [1.82, 2.24) is 0 Å². The van der Waals surface area contributed by atoms with E-state index < -0.39 is 5.97 Å². The number of aliphatic carboxylic acids is 1. The van der Waals surface area contributed by atoms with Crippen LogP contribution in [-0.4, -0.2) is 22.0 Å². The van der Waals surface area contributed by atoms with Gasteiger partial charge in [0.2, 0.25) is 0 Å². The number of hydrogen-bond acceptors (Lipinski definition) is 5. The monoisotopic (exact) mass is 300 g/mol. The van der Waals surface area contributed by atoms with Crippen molar-refractivity contribution < 1.29 is 15.1 Å². The third kappa shape index (κ3) is 3.68. The first kappa shape index (κ1) is 14.8. The zero-order valence-electron chi connectivity index (χ0n) is 11.0. The zero-order valence-corrected chi connectivity index (χ0v) is 11.8. The number of rotatable bonds is 5. The molecule has 6 heteroatoms. The highest BCUT2D eigenvalue weighted by atomic mass is 32.1. The van der Waals surface area contributed by atoms with Gasteiger partial charge in [-0.05, 0) is 29.8 Å². The Hall–Kier alpha value is -2.65. The fourth-order valence-electron chi connectivity index (χ4n) is 1.80. The molecular weight excluding hydrogens is 288 g/mol. The standard InChI is InChI=1S/C15H12N2O3S/c16-9-10-1-3-11(4-2-10)13-6-7-14(21-13)12(17-20)5-8-15(18)19/h1-4,6-7,20H,5,8H2,(H,18,19). The van der Waals surface area contributed by atoms with Crippen molar-refractivity contribution in [1.29, 1.82) is 5.26 Å². The molecule has 0 fully saturated rings.